The van der Waals surface area contributed by atoms with Crippen molar-refractivity contribution in [1.29, 1.82) is 0 Å². The Balaban J connectivity index is 1.80. The number of hydrogen-bond acceptors (Lipinski definition) is 0. The molecule has 1 aliphatic rings. The van der Waals surface area contributed by atoms with Crippen LogP contribution in [0.25, 0.3) is 0 Å². The maximum atomic E-state index is 3.89. The van der Waals surface area contributed by atoms with Gasteiger partial charge in [0.15, 0.2) is 0 Å². The zero-order chi connectivity index (χ0) is 27.9. The van der Waals surface area contributed by atoms with Gasteiger partial charge in [0.2, 0.25) is 0 Å². The summed E-state index contributed by atoms with van der Waals surface area (Å²) in [7, 11) is -1.55. The van der Waals surface area contributed by atoms with Gasteiger partial charge in [0.25, 0.3) is 0 Å². The van der Waals surface area contributed by atoms with Crippen LogP contribution >= 0.6 is 0 Å². The summed E-state index contributed by atoms with van der Waals surface area (Å²) in [5.74, 6) is 3.61. The van der Waals surface area contributed by atoms with E-state index in [9.17, 15) is 0 Å². The van der Waals surface area contributed by atoms with Crippen LogP contribution in [0.2, 0.25) is 19.6 Å². The third kappa shape index (κ3) is 4.14. The van der Waals surface area contributed by atoms with Crippen molar-refractivity contribution in [3.63, 3.8) is 0 Å². The number of aromatic nitrogens is 4. The van der Waals surface area contributed by atoms with Crippen LogP contribution in [0.15, 0.2) is 42.5 Å². The Labute approximate surface area is 229 Å². The Morgan fingerprint density at radius 1 is 0.500 bits per heavy atom. The molecule has 0 amide bonds. The topological polar surface area (TPSA) is 63.2 Å². The fourth-order valence-electron chi connectivity index (χ4n) is 5.58. The Kier molecular flexibility index (Phi) is 5.72. The van der Waals surface area contributed by atoms with Crippen molar-refractivity contribution in [3.8, 4) is 11.5 Å². The molecule has 0 fully saturated rings. The van der Waals surface area contributed by atoms with Gasteiger partial charge in [-0.15, -0.1) is 5.54 Å². The summed E-state index contributed by atoms with van der Waals surface area (Å²) in [5.41, 5.74) is 13.3. The van der Waals surface area contributed by atoms with Crippen molar-refractivity contribution in [2.45, 2.75) is 96.7 Å². The van der Waals surface area contributed by atoms with Crippen LogP contribution in [0, 0.1) is 11.5 Å². The first-order valence-corrected chi connectivity index (χ1v) is 17.3. The van der Waals surface area contributed by atoms with Gasteiger partial charge in [-0.25, -0.2) is 0 Å². The van der Waals surface area contributed by atoms with Crippen molar-refractivity contribution < 1.29 is 0 Å². The summed E-state index contributed by atoms with van der Waals surface area (Å²) in [6.45, 7) is 25.2. The molecule has 0 saturated heterocycles. The Bertz CT molecular complexity index is 1560. The molecule has 0 saturated carbocycles. The summed E-state index contributed by atoms with van der Waals surface area (Å²) < 4.78 is 0. The predicted molar refractivity (Wildman–Crippen MR) is 162 cm³/mol. The molecule has 200 valence electrons. The maximum Gasteiger partial charge on any atom is 0.129 e. The first-order chi connectivity index (χ1) is 17.4. The van der Waals surface area contributed by atoms with Crippen LogP contribution in [0.3, 0.4) is 0 Å². The van der Waals surface area contributed by atoms with E-state index in [4.69, 9.17) is 0 Å². The summed E-state index contributed by atoms with van der Waals surface area (Å²) in [4.78, 5) is 15.3. The monoisotopic (exact) mass is 524 g/mol. The summed E-state index contributed by atoms with van der Waals surface area (Å²) in [6, 6.07) is 15.8. The van der Waals surface area contributed by atoms with E-state index in [1.807, 2.05) is 0 Å². The Morgan fingerprint density at radius 2 is 0.842 bits per heavy atom. The molecule has 4 aromatic heterocycles. The number of nitrogens with one attached hydrogen (secondary N) is 4. The molecule has 38 heavy (non-hydrogen) atoms. The molecular formula is C33H44N4Si. The van der Waals surface area contributed by atoms with Crippen LogP contribution in [-0.2, 0) is 21.7 Å². The third-order valence-electron chi connectivity index (χ3n) is 8.79. The molecule has 0 spiro atoms. The normalized spacial score (nSPS) is 19.0. The molecule has 4 nitrogen and oxygen atoms in total. The fraction of sp³-hybridized carbons (Fsp3) is 0.455. The van der Waals surface area contributed by atoms with Gasteiger partial charge >= 0.3 is 0 Å². The van der Waals surface area contributed by atoms with Gasteiger partial charge in [-0.2, -0.15) is 0 Å². The van der Waals surface area contributed by atoms with E-state index in [0.717, 1.165) is 5.56 Å². The molecule has 5 heterocycles. The molecule has 0 atom stereocenters. The molecule has 0 aliphatic carbocycles. The van der Waals surface area contributed by atoms with Gasteiger partial charge < -0.3 is 19.9 Å². The van der Waals surface area contributed by atoms with Gasteiger partial charge in [0, 0.05) is 72.8 Å². The molecular weight excluding hydrogens is 480 g/mol. The van der Waals surface area contributed by atoms with Crippen LogP contribution < -0.4 is 0 Å². The highest BCUT2D eigenvalue weighted by atomic mass is 28.3. The molecule has 5 rings (SSSR count). The minimum atomic E-state index is -1.55. The smallest absolute Gasteiger partial charge is 0.129 e. The van der Waals surface area contributed by atoms with Crippen molar-refractivity contribution in [2.24, 2.45) is 0 Å². The first kappa shape index (κ1) is 26.5. The van der Waals surface area contributed by atoms with Gasteiger partial charge in [-0.1, -0.05) is 25.6 Å². The molecule has 1 aliphatic heterocycles. The first-order valence-electron chi connectivity index (χ1n) is 13.8. The molecule has 5 heteroatoms. The second-order valence-corrected chi connectivity index (χ2v) is 19.1. The van der Waals surface area contributed by atoms with E-state index in [2.05, 4.69) is 149 Å². The number of H-pyrrole nitrogens is 4. The lowest BCUT2D eigenvalue weighted by Gasteiger charge is -2.28. The summed E-state index contributed by atoms with van der Waals surface area (Å²) in [6.07, 6.45) is 0. The van der Waals surface area contributed by atoms with Crippen molar-refractivity contribution >= 4 is 8.07 Å². The SMILES string of the molecule is CC1(C)c2ccc([nH]2)C(C)(C)c2ccc([nH]2)C(C)(C)c2[nH]c(cc2C#C[Si](C)(C)C)C(C)(C)c2ccc1[nH]2. The van der Waals surface area contributed by atoms with Crippen molar-refractivity contribution in [3.05, 3.63) is 93.6 Å². The van der Waals surface area contributed by atoms with Crippen LogP contribution in [0.5, 0.6) is 0 Å². The summed E-state index contributed by atoms with van der Waals surface area (Å²) in [5, 5.41) is 0. The maximum absolute atomic E-state index is 3.89. The Morgan fingerprint density at radius 3 is 1.21 bits per heavy atom. The van der Waals surface area contributed by atoms with E-state index >= 15 is 0 Å². The predicted octanol–water partition coefficient (Wildman–Crippen LogP) is 7.84. The zero-order valence-corrected chi connectivity index (χ0v) is 26.0. The largest absolute Gasteiger partial charge is 0.361 e. The van der Waals surface area contributed by atoms with Gasteiger partial charge in [0.1, 0.15) is 8.07 Å². The number of hydrogen-bond donors (Lipinski definition) is 4. The fourth-order valence-corrected chi connectivity index (χ4v) is 6.09. The highest BCUT2D eigenvalue weighted by molar-refractivity contribution is 6.83. The average molecular weight is 525 g/mol. The Hall–Kier alpha value is -3.10. The van der Waals surface area contributed by atoms with Crippen LogP contribution in [0.4, 0.5) is 0 Å². The third-order valence-corrected chi connectivity index (χ3v) is 9.66. The standard InChI is InChI=1S/C33H44N4Si/c1-30(2)22-12-13-23(34-22)31(3,4)25-16-17-27(36-25)33(7,8)29-21(18-19-38(9,10)11)20-28(37-29)32(5,6)26-15-14-24(30)35-26/h12-17,20,34-37H,1-11H3. The molecule has 4 aromatic rings. The van der Waals surface area contributed by atoms with E-state index in [1.54, 1.807) is 0 Å². The molecule has 0 radical (unpaired) electrons. The molecule has 0 aromatic carbocycles. The number of rotatable bonds is 0. The van der Waals surface area contributed by atoms with Gasteiger partial charge in [-0.05, 0) is 97.9 Å². The average Bonchev–Trinajstić information content (AvgIpc) is 3.61. The molecule has 4 N–H and O–H groups in total. The molecule has 0 unspecified atom stereocenters. The quantitative estimate of drug-likeness (QED) is 0.134. The van der Waals surface area contributed by atoms with Crippen LogP contribution in [-0.4, -0.2) is 28.0 Å². The highest BCUT2D eigenvalue weighted by Gasteiger charge is 2.37. The minimum absolute atomic E-state index is 0.197. The van der Waals surface area contributed by atoms with E-state index in [-0.39, 0.29) is 21.7 Å². The summed E-state index contributed by atoms with van der Waals surface area (Å²) >= 11 is 0. The lowest BCUT2D eigenvalue weighted by atomic mass is 9.84. The second-order valence-electron chi connectivity index (χ2n) is 14.3. The van der Waals surface area contributed by atoms with E-state index in [0.29, 0.717) is 0 Å². The van der Waals surface area contributed by atoms with Gasteiger partial charge in [0.05, 0.1) is 0 Å². The van der Waals surface area contributed by atoms with Crippen LogP contribution in [0.1, 0.15) is 107 Å². The van der Waals surface area contributed by atoms with Crippen molar-refractivity contribution in [2.75, 3.05) is 0 Å². The lowest BCUT2D eigenvalue weighted by Crippen LogP contribution is -2.26. The molecule has 8 bridgehead atoms. The van der Waals surface area contributed by atoms with E-state index in [1.165, 1.54) is 45.6 Å². The number of aromatic amines is 4. The van der Waals surface area contributed by atoms with Crippen molar-refractivity contribution in [1.82, 2.24) is 19.9 Å². The van der Waals surface area contributed by atoms with E-state index < -0.39 is 8.07 Å². The number of fused-ring (bicyclic) bond motifs is 8. The minimum Gasteiger partial charge on any atom is -0.361 e. The second kappa shape index (κ2) is 8.20. The lowest BCUT2D eigenvalue weighted by molar-refractivity contribution is 0.545. The zero-order valence-electron chi connectivity index (χ0n) is 25.0. The van der Waals surface area contributed by atoms with Gasteiger partial charge in [-0.3, -0.25) is 0 Å². The highest BCUT2D eigenvalue weighted by Crippen LogP contribution is 2.41.